The standard InChI is InChI=1S/C14H25N3/c1-3-10-17(11-4-2)12-9-16-14-8-6-5-7-13(14)15/h5-8,16H,3-4,9-12,15H2,1-2H3. The van der Waals surface area contributed by atoms with E-state index in [4.69, 9.17) is 5.73 Å². The van der Waals surface area contributed by atoms with E-state index in [2.05, 4.69) is 24.1 Å². The van der Waals surface area contributed by atoms with Gasteiger partial charge in [0.05, 0.1) is 11.4 Å². The van der Waals surface area contributed by atoms with Gasteiger partial charge >= 0.3 is 0 Å². The average molecular weight is 235 g/mol. The van der Waals surface area contributed by atoms with Gasteiger partial charge in [0.2, 0.25) is 0 Å². The summed E-state index contributed by atoms with van der Waals surface area (Å²) in [6.07, 6.45) is 2.43. The molecule has 0 spiro atoms. The van der Waals surface area contributed by atoms with E-state index in [1.54, 1.807) is 0 Å². The molecule has 0 amide bonds. The van der Waals surface area contributed by atoms with Gasteiger partial charge in [0.15, 0.2) is 0 Å². The fourth-order valence-electron chi connectivity index (χ4n) is 1.97. The highest BCUT2D eigenvalue weighted by atomic mass is 15.1. The Morgan fingerprint density at radius 1 is 1.06 bits per heavy atom. The van der Waals surface area contributed by atoms with E-state index in [0.717, 1.165) is 24.5 Å². The van der Waals surface area contributed by atoms with Crippen LogP contribution >= 0.6 is 0 Å². The number of hydrogen-bond acceptors (Lipinski definition) is 3. The lowest BCUT2D eigenvalue weighted by Gasteiger charge is -2.21. The predicted molar refractivity (Wildman–Crippen MR) is 76.4 cm³/mol. The van der Waals surface area contributed by atoms with Crippen molar-refractivity contribution in [3.05, 3.63) is 24.3 Å². The molecule has 0 aliphatic heterocycles. The first-order valence-electron chi connectivity index (χ1n) is 6.58. The predicted octanol–water partition coefficient (Wildman–Crippen LogP) is 2.80. The monoisotopic (exact) mass is 235 g/mol. The molecule has 0 bridgehead atoms. The molecule has 0 heterocycles. The molecule has 0 saturated carbocycles. The van der Waals surface area contributed by atoms with Crippen LogP contribution in [0.4, 0.5) is 11.4 Å². The molecule has 96 valence electrons. The van der Waals surface area contributed by atoms with E-state index in [-0.39, 0.29) is 0 Å². The fourth-order valence-corrected chi connectivity index (χ4v) is 1.97. The van der Waals surface area contributed by atoms with Crippen molar-refractivity contribution in [2.75, 3.05) is 37.2 Å². The number of anilines is 2. The number of benzene rings is 1. The fraction of sp³-hybridized carbons (Fsp3) is 0.571. The first kappa shape index (κ1) is 13.8. The Kier molecular flexibility index (Phi) is 6.48. The molecule has 0 aliphatic carbocycles. The van der Waals surface area contributed by atoms with E-state index in [0.29, 0.717) is 0 Å². The van der Waals surface area contributed by atoms with Gasteiger partial charge in [-0.15, -0.1) is 0 Å². The maximum atomic E-state index is 5.88. The van der Waals surface area contributed by atoms with Gasteiger partial charge in [0, 0.05) is 13.1 Å². The minimum absolute atomic E-state index is 0.824. The van der Waals surface area contributed by atoms with Crippen LogP contribution in [0, 0.1) is 0 Å². The van der Waals surface area contributed by atoms with E-state index in [1.165, 1.54) is 25.9 Å². The van der Waals surface area contributed by atoms with Gasteiger partial charge in [-0.25, -0.2) is 0 Å². The van der Waals surface area contributed by atoms with Gasteiger partial charge in [-0.1, -0.05) is 26.0 Å². The number of rotatable bonds is 8. The van der Waals surface area contributed by atoms with Gasteiger partial charge in [-0.2, -0.15) is 0 Å². The zero-order valence-electron chi connectivity index (χ0n) is 11.1. The van der Waals surface area contributed by atoms with Gasteiger partial charge < -0.3 is 16.0 Å². The van der Waals surface area contributed by atoms with Gasteiger partial charge in [-0.05, 0) is 38.1 Å². The van der Waals surface area contributed by atoms with Crippen molar-refractivity contribution < 1.29 is 0 Å². The lowest BCUT2D eigenvalue weighted by Crippen LogP contribution is -2.30. The van der Waals surface area contributed by atoms with Crippen molar-refractivity contribution >= 4 is 11.4 Å². The Labute approximate surface area is 105 Å². The van der Waals surface area contributed by atoms with Gasteiger partial charge in [0.1, 0.15) is 0 Å². The smallest absolute Gasteiger partial charge is 0.0574 e. The lowest BCUT2D eigenvalue weighted by molar-refractivity contribution is 0.285. The minimum atomic E-state index is 0.824. The van der Waals surface area contributed by atoms with Crippen molar-refractivity contribution in [3.63, 3.8) is 0 Å². The topological polar surface area (TPSA) is 41.3 Å². The van der Waals surface area contributed by atoms with Crippen LogP contribution in [-0.2, 0) is 0 Å². The lowest BCUT2D eigenvalue weighted by atomic mass is 10.2. The van der Waals surface area contributed by atoms with Crippen LogP contribution in [0.3, 0.4) is 0 Å². The van der Waals surface area contributed by atoms with Crippen LogP contribution < -0.4 is 11.1 Å². The minimum Gasteiger partial charge on any atom is -0.397 e. The highest BCUT2D eigenvalue weighted by molar-refractivity contribution is 5.65. The third-order valence-electron chi connectivity index (χ3n) is 2.78. The van der Waals surface area contributed by atoms with Crippen LogP contribution in [0.2, 0.25) is 0 Å². The van der Waals surface area contributed by atoms with Crippen LogP contribution in [0.5, 0.6) is 0 Å². The van der Waals surface area contributed by atoms with E-state index in [1.807, 2.05) is 24.3 Å². The molecular formula is C14H25N3. The molecular weight excluding hydrogens is 210 g/mol. The van der Waals surface area contributed by atoms with Crippen LogP contribution in [-0.4, -0.2) is 31.1 Å². The van der Waals surface area contributed by atoms with Crippen LogP contribution in [0.25, 0.3) is 0 Å². The molecule has 0 aromatic heterocycles. The zero-order chi connectivity index (χ0) is 12.5. The summed E-state index contributed by atoms with van der Waals surface area (Å²) in [6, 6.07) is 7.92. The summed E-state index contributed by atoms with van der Waals surface area (Å²) in [5.41, 5.74) is 7.74. The number of hydrogen-bond donors (Lipinski definition) is 2. The summed E-state index contributed by atoms with van der Waals surface area (Å²) in [5, 5.41) is 3.39. The third kappa shape index (κ3) is 5.09. The Balaban J connectivity index is 2.33. The maximum absolute atomic E-state index is 5.88. The van der Waals surface area contributed by atoms with E-state index < -0.39 is 0 Å². The number of nitrogen functional groups attached to an aromatic ring is 1. The molecule has 0 fully saturated rings. The third-order valence-corrected chi connectivity index (χ3v) is 2.78. The number of nitrogens with two attached hydrogens (primary N) is 1. The average Bonchev–Trinajstić information content (AvgIpc) is 2.32. The molecule has 1 rings (SSSR count). The second-order valence-corrected chi connectivity index (χ2v) is 4.36. The molecule has 17 heavy (non-hydrogen) atoms. The maximum Gasteiger partial charge on any atom is 0.0574 e. The summed E-state index contributed by atoms with van der Waals surface area (Å²) < 4.78 is 0. The molecule has 0 radical (unpaired) electrons. The molecule has 1 aromatic rings. The molecule has 0 unspecified atom stereocenters. The first-order valence-corrected chi connectivity index (χ1v) is 6.58. The number of nitrogens with one attached hydrogen (secondary N) is 1. The van der Waals surface area contributed by atoms with Gasteiger partial charge in [0.25, 0.3) is 0 Å². The van der Waals surface area contributed by atoms with Crippen molar-refractivity contribution in [3.8, 4) is 0 Å². The van der Waals surface area contributed by atoms with Crippen molar-refractivity contribution in [2.45, 2.75) is 26.7 Å². The molecule has 0 atom stereocenters. The van der Waals surface area contributed by atoms with Crippen molar-refractivity contribution in [1.29, 1.82) is 0 Å². The second-order valence-electron chi connectivity index (χ2n) is 4.36. The molecule has 0 aliphatic rings. The van der Waals surface area contributed by atoms with E-state index >= 15 is 0 Å². The van der Waals surface area contributed by atoms with Crippen molar-refractivity contribution in [1.82, 2.24) is 4.90 Å². The van der Waals surface area contributed by atoms with Crippen molar-refractivity contribution in [2.24, 2.45) is 0 Å². The molecule has 3 heteroatoms. The van der Waals surface area contributed by atoms with Crippen LogP contribution in [0.1, 0.15) is 26.7 Å². The summed E-state index contributed by atoms with van der Waals surface area (Å²) >= 11 is 0. The Hall–Kier alpha value is -1.22. The quantitative estimate of drug-likeness (QED) is 0.681. The molecule has 3 N–H and O–H groups in total. The summed E-state index contributed by atoms with van der Waals surface area (Å²) in [4.78, 5) is 2.49. The molecule has 0 saturated heterocycles. The molecule has 3 nitrogen and oxygen atoms in total. The summed E-state index contributed by atoms with van der Waals surface area (Å²) in [5.74, 6) is 0. The summed E-state index contributed by atoms with van der Waals surface area (Å²) in [6.45, 7) is 8.85. The SMILES string of the molecule is CCCN(CCC)CCNc1ccccc1N. The number of para-hydroxylation sites is 2. The highest BCUT2D eigenvalue weighted by Gasteiger charge is 2.02. The molecule has 1 aromatic carbocycles. The highest BCUT2D eigenvalue weighted by Crippen LogP contribution is 2.15. The zero-order valence-corrected chi connectivity index (χ0v) is 11.1. The Morgan fingerprint density at radius 2 is 1.71 bits per heavy atom. The Morgan fingerprint density at radius 3 is 2.29 bits per heavy atom. The van der Waals surface area contributed by atoms with Crippen LogP contribution in [0.15, 0.2) is 24.3 Å². The largest absolute Gasteiger partial charge is 0.397 e. The van der Waals surface area contributed by atoms with Gasteiger partial charge in [-0.3, -0.25) is 0 Å². The number of nitrogens with zero attached hydrogens (tertiary/aromatic N) is 1. The summed E-state index contributed by atoms with van der Waals surface area (Å²) in [7, 11) is 0. The second kappa shape index (κ2) is 7.96. The normalized spacial score (nSPS) is 10.8. The van der Waals surface area contributed by atoms with E-state index in [9.17, 15) is 0 Å². The Bertz CT molecular complexity index is 306. The first-order chi connectivity index (χ1) is 8.27.